The van der Waals surface area contributed by atoms with Gasteiger partial charge in [-0.25, -0.2) is 4.99 Å². The van der Waals surface area contributed by atoms with Crippen LogP contribution in [0.3, 0.4) is 0 Å². The highest BCUT2D eigenvalue weighted by molar-refractivity contribution is 6.30. The molecular formula is C28H21ClN2. The predicted octanol–water partition coefficient (Wildman–Crippen LogP) is 7.14. The number of hydrogen-bond donors (Lipinski definition) is 1. The number of nitrogens with zero attached hydrogens (tertiary/aromatic N) is 1. The maximum Gasteiger partial charge on any atom is 0.134 e. The molecule has 31 heavy (non-hydrogen) atoms. The van der Waals surface area contributed by atoms with E-state index in [4.69, 9.17) is 16.6 Å². The van der Waals surface area contributed by atoms with Gasteiger partial charge in [0.15, 0.2) is 0 Å². The lowest BCUT2D eigenvalue weighted by atomic mass is 9.99. The SMILES string of the molecule is Clc1cccc(-c2ccc(C3=CC(c4ccccc4)NC(c4ccccc4)=N3)cc2)c1. The van der Waals surface area contributed by atoms with Crippen molar-refractivity contribution < 1.29 is 0 Å². The van der Waals surface area contributed by atoms with Crippen molar-refractivity contribution in [3.8, 4) is 11.1 Å². The minimum Gasteiger partial charge on any atom is -0.359 e. The topological polar surface area (TPSA) is 24.4 Å². The van der Waals surface area contributed by atoms with Gasteiger partial charge < -0.3 is 5.32 Å². The molecule has 0 radical (unpaired) electrons. The van der Waals surface area contributed by atoms with Gasteiger partial charge in [-0.3, -0.25) is 0 Å². The summed E-state index contributed by atoms with van der Waals surface area (Å²) in [5, 5.41) is 4.33. The van der Waals surface area contributed by atoms with Crippen LogP contribution in [0.5, 0.6) is 0 Å². The third kappa shape index (κ3) is 4.30. The van der Waals surface area contributed by atoms with E-state index in [1.165, 1.54) is 5.56 Å². The highest BCUT2D eigenvalue weighted by Crippen LogP contribution is 2.30. The molecule has 1 unspecified atom stereocenters. The molecule has 0 fully saturated rings. The predicted molar refractivity (Wildman–Crippen MR) is 130 cm³/mol. The molecule has 0 aliphatic carbocycles. The average molecular weight is 421 g/mol. The fraction of sp³-hybridized carbons (Fsp3) is 0.0357. The largest absolute Gasteiger partial charge is 0.359 e. The van der Waals surface area contributed by atoms with E-state index in [-0.39, 0.29) is 6.04 Å². The van der Waals surface area contributed by atoms with Crippen molar-refractivity contribution in [3.63, 3.8) is 0 Å². The van der Waals surface area contributed by atoms with Crippen LogP contribution in [0, 0.1) is 0 Å². The number of benzene rings is 4. The van der Waals surface area contributed by atoms with Crippen molar-refractivity contribution in [3.05, 3.63) is 137 Å². The summed E-state index contributed by atoms with van der Waals surface area (Å²) >= 11 is 6.16. The van der Waals surface area contributed by atoms with Gasteiger partial charge >= 0.3 is 0 Å². The van der Waals surface area contributed by atoms with Crippen molar-refractivity contribution in [2.45, 2.75) is 6.04 Å². The zero-order valence-electron chi connectivity index (χ0n) is 16.9. The summed E-state index contributed by atoms with van der Waals surface area (Å²) < 4.78 is 0. The summed E-state index contributed by atoms with van der Waals surface area (Å²) in [6, 6.07) is 37.2. The van der Waals surface area contributed by atoms with Gasteiger partial charge in [0.1, 0.15) is 5.84 Å². The summed E-state index contributed by atoms with van der Waals surface area (Å²) in [6.45, 7) is 0. The van der Waals surface area contributed by atoms with Gasteiger partial charge in [0.05, 0.1) is 11.7 Å². The Morgan fingerprint density at radius 2 is 1.26 bits per heavy atom. The van der Waals surface area contributed by atoms with E-state index in [0.717, 1.165) is 38.8 Å². The molecule has 5 rings (SSSR count). The Balaban J connectivity index is 1.53. The lowest BCUT2D eigenvalue weighted by Crippen LogP contribution is -2.31. The molecule has 0 bridgehead atoms. The lowest BCUT2D eigenvalue weighted by Gasteiger charge is -2.24. The number of nitrogens with one attached hydrogen (secondary N) is 1. The average Bonchev–Trinajstić information content (AvgIpc) is 2.85. The van der Waals surface area contributed by atoms with Gasteiger partial charge in [0.25, 0.3) is 0 Å². The maximum atomic E-state index is 6.16. The lowest BCUT2D eigenvalue weighted by molar-refractivity contribution is 0.781. The molecule has 1 atom stereocenters. The van der Waals surface area contributed by atoms with Crippen LogP contribution in [0.1, 0.15) is 22.7 Å². The van der Waals surface area contributed by atoms with Crippen LogP contribution in [-0.2, 0) is 0 Å². The Labute approximate surface area is 187 Å². The molecule has 1 aliphatic heterocycles. The van der Waals surface area contributed by atoms with Crippen molar-refractivity contribution in [1.29, 1.82) is 0 Å². The van der Waals surface area contributed by atoms with Crippen LogP contribution in [0.2, 0.25) is 5.02 Å². The van der Waals surface area contributed by atoms with Crippen LogP contribution in [-0.4, -0.2) is 5.84 Å². The number of amidine groups is 1. The highest BCUT2D eigenvalue weighted by Gasteiger charge is 2.19. The van der Waals surface area contributed by atoms with E-state index < -0.39 is 0 Å². The molecule has 0 saturated heterocycles. The fourth-order valence-corrected chi connectivity index (χ4v) is 3.97. The summed E-state index contributed by atoms with van der Waals surface area (Å²) in [6.07, 6.45) is 2.19. The van der Waals surface area contributed by atoms with Crippen molar-refractivity contribution in [1.82, 2.24) is 5.32 Å². The van der Waals surface area contributed by atoms with Gasteiger partial charge in [0.2, 0.25) is 0 Å². The molecule has 0 amide bonds. The molecule has 4 aromatic carbocycles. The van der Waals surface area contributed by atoms with Crippen molar-refractivity contribution >= 4 is 23.1 Å². The number of hydrogen-bond acceptors (Lipinski definition) is 2. The first-order valence-corrected chi connectivity index (χ1v) is 10.7. The Morgan fingerprint density at radius 1 is 0.613 bits per heavy atom. The zero-order valence-corrected chi connectivity index (χ0v) is 17.6. The first kappa shape index (κ1) is 19.3. The van der Waals surface area contributed by atoms with E-state index in [1.807, 2.05) is 42.5 Å². The van der Waals surface area contributed by atoms with Gasteiger partial charge in [-0.05, 0) is 40.5 Å². The van der Waals surface area contributed by atoms with Crippen LogP contribution in [0.25, 0.3) is 16.8 Å². The third-order valence-electron chi connectivity index (χ3n) is 5.39. The minimum absolute atomic E-state index is 0.0523. The number of halogens is 1. The van der Waals surface area contributed by atoms with Crippen LogP contribution < -0.4 is 5.32 Å². The zero-order chi connectivity index (χ0) is 21.0. The van der Waals surface area contributed by atoms with Gasteiger partial charge in [-0.15, -0.1) is 0 Å². The Kier molecular flexibility index (Phi) is 5.39. The first-order valence-electron chi connectivity index (χ1n) is 10.3. The normalized spacial score (nSPS) is 15.6. The minimum atomic E-state index is 0.0523. The van der Waals surface area contributed by atoms with Gasteiger partial charge in [-0.1, -0.05) is 109 Å². The van der Waals surface area contributed by atoms with Crippen molar-refractivity contribution in [2.24, 2.45) is 4.99 Å². The second kappa shape index (κ2) is 8.63. The molecule has 0 saturated carbocycles. The second-order valence-corrected chi connectivity index (χ2v) is 7.94. The Morgan fingerprint density at radius 3 is 1.97 bits per heavy atom. The molecule has 150 valence electrons. The molecule has 1 heterocycles. The maximum absolute atomic E-state index is 6.16. The van der Waals surface area contributed by atoms with Crippen molar-refractivity contribution in [2.75, 3.05) is 0 Å². The molecule has 4 aromatic rings. The van der Waals surface area contributed by atoms with E-state index in [2.05, 4.69) is 78.1 Å². The second-order valence-electron chi connectivity index (χ2n) is 7.50. The first-order chi connectivity index (χ1) is 15.3. The Hall–Kier alpha value is -3.62. The molecule has 0 spiro atoms. The van der Waals surface area contributed by atoms with Crippen LogP contribution in [0.15, 0.2) is 120 Å². The van der Waals surface area contributed by atoms with E-state index in [0.29, 0.717) is 0 Å². The fourth-order valence-electron chi connectivity index (χ4n) is 3.78. The standard InChI is InChI=1S/C28H21ClN2/c29-25-13-7-12-24(18-25)20-14-16-22(17-15-20)27-19-26(21-8-3-1-4-9-21)30-28(31-27)23-10-5-2-6-11-23/h1-19,26H,(H,30,31). The molecule has 1 aliphatic rings. The summed E-state index contributed by atoms with van der Waals surface area (Å²) in [4.78, 5) is 4.96. The smallest absolute Gasteiger partial charge is 0.134 e. The van der Waals surface area contributed by atoms with Crippen LogP contribution in [0.4, 0.5) is 0 Å². The highest BCUT2D eigenvalue weighted by atomic mass is 35.5. The summed E-state index contributed by atoms with van der Waals surface area (Å²) in [5.41, 5.74) is 6.57. The van der Waals surface area contributed by atoms with E-state index in [1.54, 1.807) is 0 Å². The number of aliphatic imine (C=N–C) groups is 1. The molecular weight excluding hydrogens is 400 g/mol. The van der Waals surface area contributed by atoms with E-state index >= 15 is 0 Å². The Bertz CT molecular complexity index is 1240. The summed E-state index contributed by atoms with van der Waals surface area (Å²) in [7, 11) is 0. The molecule has 1 N–H and O–H groups in total. The molecule has 0 aromatic heterocycles. The third-order valence-corrected chi connectivity index (χ3v) is 5.63. The molecule has 2 nitrogen and oxygen atoms in total. The van der Waals surface area contributed by atoms with Gasteiger partial charge in [-0.2, -0.15) is 0 Å². The van der Waals surface area contributed by atoms with Crippen LogP contribution >= 0.6 is 11.6 Å². The molecule has 3 heteroatoms. The number of rotatable bonds is 4. The quantitative estimate of drug-likeness (QED) is 0.372. The van der Waals surface area contributed by atoms with E-state index in [9.17, 15) is 0 Å². The van der Waals surface area contributed by atoms with Gasteiger partial charge in [0, 0.05) is 10.6 Å². The monoisotopic (exact) mass is 420 g/mol. The summed E-state index contributed by atoms with van der Waals surface area (Å²) in [5.74, 6) is 0.880.